The molecule has 0 saturated heterocycles. The zero-order valence-corrected chi connectivity index (χ0v) is 10.2. The van der Waals surface area contributed by atoms with Crippen LogP contribution in [0.2, 0.25) is 0 Å². The molecule has 0 heterocycles. The third-order valence-corrected chi connectivity index (χ3v) is 1.20. The minimum absolute atomic E-state index is 0.290. The summed E-state index contributed by atoms with van der Waals surface area (Å²) in [5, 5.41) is 15.4. The van der Waals surface area contributed by atoms with Crippen LogP contribution in [0.25, 0.3) is 0 Å². The van der Waals surface area contributed by atoms with E-state index in [1.807, 2.05) is 0 Å². The van der Waals surface area contributed by atoms with E-state index >= 15 is 0 Å². The molecule has 0 aliphatic heterocycles. The zero-order chi connectivity index (χ0) is 14.6. The molecule has 0 amide bonds. The van der Waals surface area contributed by atoms with E-state index in [0.717, 1.165) is 0 Å². The van der Waals surface area contributed by atoms with E-state index in [4.69, 9.17) is 10.2 Å². The summed E-state index contributed by atoms with van der Waals surface area (Å²) in [4.78, 5) is 40.1. The number of carbonyl (C=O) groups is 4. The SMILES string of the molecule is CCO[13C](=O)C[13C](=O)OCC.O=[13C](O)[13CH2][13C](=O)O. The van der Waals surface area contributed by atoms with Crippen LogP contribution in [0.3, 0.4) is 0 Å². The molecule has 104 valence electrons. The van der Waals surface area contributed by atoms with Crippen LogP contribution in [0.15, 0.2) is 0 Å². The highest BCUT2D eigenvalue weighted by Gasteiger charge is 2.09. The Morgan fingerprint density at radius 1 is 0.778 bits per heavy atom. The molecule has 0 saturated carbocycles. The van der Waals surface area contributed by atoms with Crippen LogP contribution in [0.5, 0.6) is 0 Å². The van der Waals surface area contributed by atoms with E-state index in [-0.39, 0.29) is 19.6 Å². The van der Waals surface area contributed by atoms with Gasteiger partial charge in [-0.15, -0.1) is 0 Å². The minimum Gasteiger partial charge on any atom is -0.481 e. The summed E-state index contributed by atoms with van der Waals surface area (Å²) >= 11 is 0. The first-order chi connectivity index (χ1) is 8.33. The maximum absolute atomic E-state index is 10.6. The summed E-state index contributed by atoms with van der Waals surface area (Å²) in [5.74, 6) is -3.70. The first-order valence-corrected chi connectivity index (χ1v) is 5.08. The molecule has 0 aliphatic rings. The standard InChI is InChI=1S/C7H12O4.C3H4O4/c1-3-10-6(8)5-7(9)11-4-2;4-2(5)1-3(6)7/h3-5H2,1-2H3;1H2,(H,4,5)(H,6,7)/i6+1,7+1;1+1,2+1,3+1. The van der Waals surface area contributed by atoms with Gasteiger partial charge < -0.3 is 19.7 Å². The van der Waals surface area contributed by atoms with Crippen LogP contribution in [-0.4, -0.2) is 47.3 Å². The van der Waals surface area contributed by atoms with Crippen LogP contribution in [0.4, 0.5) is 0 Å². The van der Waals surface area contributed by atoms with Crippen LogP contribution in [-0.2, 0) is 28.7 Å². The fraction of sp³-hybridized carbons (Fsp3) is 0.600. The zero-order valence-electron chi connectivity index (χ0n) is 10.2. The predicted molar refractivity (Wildman–Crippen MR) is 57.8 cm³/mol. The number of carboxylic acid groups (broad SMARTS) is 2. The van der Waals surface area contributed by atoms with Crippen molar-refractivity contribution in [1.29, 1.82) is 0 Å². The van der Waals surface area contributed by atoms with Crippen LogP contribution in [0, 0.1) is 0 Å². The number of hydrogen-bond acceptors (Lipinski definition) is 6. The summed E-state index contributed by atoms with van der Waals surface area (Å²) in [6.07, 6.45) is -1.10. The molecule has 8 nitrogen and oxygen atoms in total. The van der Waals surface area contributed by atoms with Crippen molar-refractivity contribution >= 4 is 23.9 Å². The van der Waals surface area contributed by atoms with E-state index in [1.165, 1.54) is 0 Å². The van der Waals surface area contributed by atoms with Gasteiger partial charge in [0.25, 0.3) is 0 Å². The van der Waals surface area contributed by atoms with Gasteiger partial charge in [0.1, 0.15) is 12.8 Å². The van der Waals surface area contributed by atoms with Crippen molar-refractivity contribution in [2.45, 2.75) is 26.7 Å². The molecular formula is C10H16O8. The smallest absolute Gasteiger partial charge is 0.317 e. The molecule has 0 atom stereocenters. The van der Waals surface area contributed by atoms with Crippen molar-refractivity contribution in [3.63, 3.8) is 0 Å². The van der Waals surface area contributed by atoms with Crippen molar-refractivity contribution < 1.29 is 38.9 Å². The van der Waals surface area contributed by atoms with E-state index in [0.29, 0.717) is 0 Å². The molecular weight excluding hydrogens is 253 g/mol. The van der Waals surface area contributed by atoms with Crippen molar-refractivity contribution in [2.24, 2.45) is 0 Å². The molecule has 0 spiro atoms. The van der Waals surface area contributed by atoms with E-state index < -0.39 is 30.3 Å². The summed E-state index contributed by atoms with van der Waals surface area (Å²) < 4.78 is 9.04. The highest BCUT2D eigenvalue weighted by molar-refractivity contribution is 5.91. The molecule has 0 fully saturated rings. The molecule has 0 aromatic carbocycles. The predicted octanol–water partition coefficient (Wildman–Crippen LogP) is 0.0484. The van der Waals surface area contributed by atoms with Crippen molar-refractivity contribution in [3.05, 3.63) is 0 Å². The van der Waals surface area contributed by atoms with Gasteiger partial charge in [0.15, 0.2) is 0 Å². The van der Waals surface area contributed by atoms with Gasteiger partial charge in [-0.2, -0.15) is 0 Å². The molecule has 0 aliphatic carbocycles. The van der Waals surface area contributed by atoms with Crippen molar-refractivity contribution in [1.82, 2.24) is 0 Å². The minimum atomic E-state index is -1.31. The van der Waals surface area contributed by atoms with Gasteiger partial charge in [0.2, 0.25) is 0 Å². The maximum Gasteiger partial charge on any atom is 0.317 e. The van der Waals surface area contributed by atoms with Gasteiger partial charge in [-0.3, -0.25) is 19.2 Å². The van der Waals surface area contributed by atoms with Crippen LogP contribution >= 0.6 is 0 Å². The summed E-state index contributed by atoms with van der Waals surface area (Å²) in [6.45, 7) is 3.95. The summed E-state index contributed by atoms with van der Waals surface area (Å²) in [6, 6.07) is 0. The Bertz CT molecular complexity index is 268. The Morgan fingerprint density at radius 3 is 1.28 bits per heavy atom. The highest BCUT2D eigenvalue weighted by atomic mass is 16.6. The van der Waals surface area contributed by atoms with E-state index in [9.17, 15) is 19.2 Å². The molecule has 0 aromatic heterocycles. The number of aliphatic carboxylic acids is 2. The molecule has 0 rings (SSSR count). The quantitative estimate of drug-likeness (QED) is 0.393. The monoisotopic (exact) mass is 269 g/mol. The molecule has 18 heavy (non-hydrogen) atoms. The Hall–Kier alpha value is -2.12. The molecule has 0 unspecified atom stereocenters. The first-order valence-electron chi connectivity index (χ1n) is 5.08. The Balaban J connectivity index is 0. The molecule has 0 radical (unpaired) electrons. The second-order valence-electron chi connectivity index (χ2n) is 2.75. The lowest BCUT2D eigenvalue weighted by atomic mass is 10.8. The van der Waals surface area contributed by atoms with Crippen molar-refractivity contribution in [3.8, 4) is 0 Å². The highest BCUT2D eigenvalue weighted by Crippen LogP contribution is 1.89. The number of carboxylic acids is 2. The van der Waals surface area contributed by atoms with Gasteiger partial charge in [-0.25, -0.2) is 0 Å². The fourth-order valence-electron chi connectivity index (χ4n) is 0.671. The molecule has 2 N–H and O–H groups in total. The van der Waals surface area contributed by atoms with Gasteiger partial charge >= 0.3 is 23.9 Å². The molecule has 8 heteroatoms. The largest absolute Gasteiger partial charge is 0.481 e. The lowest BCUT2D eigenvalue weighted by Gasteiger charge is -2.00. The van der Waals surface area contributed by atoms with Crippen LogP contribution < -0.4 is 0 Å². The number of esters is 2. The Labute approximate surface area is 103 Å². The Morgan fingerprint density at radius 2 is 1.11 bits per heavy atom. The first kappa shape index (κ1) is 18.3. The van der Waals surface area contributed by atoms with Gasteiger partial charge in [-0.1, -0.05) is 0 Å². The topological polar surface area (TPSA) is 127 Å². The average Bonchev–Trinajstić information content (AvgIpc) is 2.16. The maximum atomic E-state index is 10.6. The number of carbonyl (C=O) groups excluding carboxylic acids is 2. The fourth-order valence-corrected chi connectivity index (χ4v) is 0.671. The Kier molecular flexibility index (Phi) is 11.5. The lowest BCUT2D eigenvalue weighted by Crippen LogP contribution is -2.13. The van der Waals surface area contributed by atoms with Crippen LogP contribution in [0.1, 0.15) is 26.7 Å². The molecule has 0 aromatic rings. The summed E-state index contributed by atoms with van der Waals surface area (Å²) in [7, 11) is 0. The average molecular weight is 269 g/mol. The van der Waals surface area contributed by atoms with Gasteiger partial charge in [0, 0.05) is 0 Å². The summed E-state index contributed by atoms with van der Waals surface area (Å²) in [5.41, 5.74) is 0. The third-order valence-electron chi connectivity index (χ3n) is 1.20. The van der Waals surface area contributed by atoms with Gasteiger partial charge in [-0.05, 0) is 13.8 Å². The normalized spacial score (nSPS) is 8.56. The van der Waals surface area contributed by atoms with E-state index in [1.54, 1.807) is 13.8 Å². The molecule has 0 bridgehead atoms. The van der Waals surface area contributed by atoms with E-state index in [2.05, 4.69) is 9.47 Å². The third kappa shape index (κ3) is 16.3. The second kappa shape index (κ2) is 11.4. The number of ether oxygens (including phenoxy) is 2. The van der Waals surface area contributed by atoms with Crippen molar-refractivity contribution in [2.75, 3.05) is 13.2 Å². The van der Waals surface area contributed by atoms with Gasteiger partial charge in [0.05, 0.1) is 13.2 Å². The second-order valence-corrected chi connectivity index (χ2v) is 2.75. The lowest BCUT2D eigenvalue weighted by molar-refractivity contribution is -0.154. The number of rotatable bonds is 6. The number of hydrogen-bond donors (Lipinski definition) is 2.